The van der Waals surface area contributed by atoms with Gasteiger partial charge in [-0.25, -0.2) is 0 Å². The molecule has 0 aromatic heterocycles. The minimum atomic E-state index is -1.37. The smallest absolute Gasteiger partial charge is 0.313 e. The standard InChI is InChI=1S/C41H52BrN3O7/c1-9-11-17-32(47)43(8)27(7)35(28-15-13-12-14-16-28)51-40(50)33-34-38(48)45(31(23-46)24(3)4)37(41(34)22-29(42)36(33)52-41)39(49)44(20-10-2)30-21-25(5)18-19-26(30)6/h9-10,12-16,18-19,21,24,27,29,31,33-37,46H,1-2,11,17,20,22-23H2,3-8H3/t27-,29?,31-,33+,34-,35+,36+,37+,41-/m0/s1. The lowest BCUT2D eigenvalue weighted by Gasteiger charge is -2.40. The van der Waals surface area contributed by atoms with Crippen LogP contribution in [-0.2, 0) is 28.7 Å². The number of hydrogen-bond acceptors (Lipinski definition) is 7. The highest BCUT2D eigenvalue weighted by Gasteiger charge is 2.78. The van der Waals surface area contributed by atoms with Crippen LogP contribution in [0.5, 0.6) is 0 Å². The Labute approximate surface area is 315 Å². The Morgan fingerprint density at radius 2 is 1.81 bits per heavy atom. The van der Waals surface area contributed by atoms with E-state index in [1.165, 1.54) is 4.90 Å². The topological polar surface area (TPSA) is 117 Å². The van der Waals surface area contributed by atoms with E-state index in [2.05, 4.69) is 29.1 Å². The minimum absolute atomic E-state index is 0.119. The van der Waals surface area contributed by atoms with E-state index in [0.29, 0.717) is 24.1 Å². The van der Waals surface area contributed by atoms with Crippen molar-refractivity contribution in [2.24, 2.45) is 17.8 Å². The SMILES string of the molecule is C=CCCC(=O)N(C)[C@@H](C)[C@@H](OC(=O)[C@H]1[C@@H]2O[C@@]3(CC2Br)[C@@H]1C(=O)N([C@@H](CO)C(C)C)[C@@H]3C(=O)N(CC=C)c1cc(C)ccc1C)c1ccccc1. The molecule has 0 saturated carbocycles. The van der Waals surface area contributed by atoms with E-state index in [4.69, 9.17) is 9.47 Å². The number of aliphatic hydroxyl groups is 1. The van der Waals surface area contributed by atoms with Gasteiger partial charge in [-0.15, -0.1) is 13.2 Å². The van der Waals surface area contributed by atoms with Gasteiger partial charge >= 0.3 is 5.97 Å². The number of allylic oxidation sites excluding steroid dienone is 1. The molecule has 52 heavy (non-hydrogen) atoms. The Morgan fingerprint density at radius 3 is 2.42 bits per heavy atom. The third kappa shape index (κ3) is 6.99. The highest BCUT2D eigenvalue weighted by atomic mass is 79.9. The van der Waals surface area contributed by atoms with Crippen LogP contribution in [0, 0.1) is 31.6 Å². The molecule has 2 bridgehead atoms. The molecule has 1 N–H and O–H groups in total. The maximum atomic E-state index is 15.1. The number of rotatable bonds is 15. The number of likely N-dealkylation sites (N-methyl/N-ethyl adjacent to an activating group) is 1. The molecule has 1 spiro atoms. The summed E-state index contributed by atoms with van der Waals surface area (Å²) >= 11 is 3.76. The van der Waals surface area contributed by atoms with Crippen molar-refractivity contribution in [2.75, 3.05) is 25.1 Å². The van der Waals surface area contributed by atoms with Gasteiger partial charge in [0.1, 0.15) is 17.7 Å². The maximum Gasteiger partial charge on any atom is 0.313 e. The number of ether oxygens (including phenoxy) is 2. The molecule has 2 aromatic carbocycles. The Hall–Kier alpha value is -3.80. The molecule has 5 rings (SSSR count). The summed E-state index contributed by atoms with van der Waals surface area (Å²) in [5.74, 6) is -3.85. The molecule has 11 heteroatoms. The van der Waals surface area contributed by atoms with Crippen LogP contribution in [0.15, 0.2) is 73.8 Å². The first-order valence-corrected chi connectivity index (χ1v) is 19.0. The molecular weight excluding hydrogens is 726 g/mol. The molecule has 9 atom stereocenters. The van der Waals surface area contributed by atoms with Crippen LogP contribution in [0.4, 0.5) is 5.69 Å². The van der Waals surface area contributed by atoms with Gasteiger partial charge in [-0.3, -0.25) is 19.2 Å². The number of amides is 3. The highest BCUT2D eigenvalue weighted by Crippen LogP contribution is 2.61. The van der Waals surface area contributed by atoms with Crippen molar-refractivity contribution in [2.45, 2.75) is 94.6 Å². The van der Waals surface area contributed by atoms with Crippen molar-refractivity contribution in [3.8, 4) is 0 Å². The number of hydrogen-bond donors (Lipinski definition) is 1. The Morgan fingerprint density at radius 1 is 1.12 bits per heavy atom. The molecule has 3 fully saturated rings. The number of aryl methyl sites for hydroxylation is 2. The first kappa shape index (κ1) is 39.4. The first-order chi connectivity index (χ1) is 24.7. The molecule has 3 aliphatic rings. The number of aliphatic hydroxyl groups excluding tert-OH is 1. The van der Waals surface area contributed by atoms with Crippen LogP contribution in [0.1, 0.15) is 62.8 Å². The summed E-state index contributed by atoms with van der Waals surface area (Å²) in [4.78, 5) is 62.1. The van der Waals surface area contributed by atoms with Gasteiger partial charge in [0.2, 0.25) is 11.8 Å². The lowest BCUT2D eigenvalue weighted by Crippen LogP contribution is -2.60. The lowest BCUT2D eigenvalue weighted by molar-refractivity contribution is -0.165. The maximum absolute atomic E-state index is 15.1. The molecule has 0 aliphatic carbocycles. The number of benzene rings is 2. The number of esters is 1. The van der Waals surface area contributed by atoms with E-state index < -0.39 is 59.6 Å². The first-order valence-electron chi connectivity index (χ1n) is 18.1. The second-order valence-corrected chi connectivity index (χ2v) is 15.9. The molecule has 280 valence electrons. The van der Waals surface area contributed by atoms with Gasteiger partial charge < -0.3 is 29.3 Å². The van der Waals surface area contributed by atoms with Gasteiger partial charge in [0.15, 0.2) is 0 Å². The second kappa shape index (κ2) is 16.1. The third-order valence-corrected chi connectivity index (χ3v) is 12.0. The number of fused-ring (bicyclic) bond motifs is 1. The van der Waals surface area contributed by atoms with E-state index in [-0.39, 0.29) is 42.1 Å². The van der Waals surface area contributed by atoms with Crippen molar-refractivity contribution in [1.82, 2.24) is 9.80 Å². The van der Waals surface area contributed by atoms with Crippen molar-refractivity contribution in [3.05, 3.63) is 90.5 Å². The van der Waals surface area contributed by atoms with E-state index in [1.807, 2.05) is 83.1 Å². The summed E-state index contributed by atoms with van der Waals surface area (Å²) in [7, 11) is 1.69. The van der Waals surface area contributed by atoms with Crippen molar-refractivity contribution >= 4 is 45.3 Å². The quantitative estimate of drug-likeness (QED) is 0.141. The average molecular weight is 779 g/mol. The minimum Gasteiger partial charge on any atom is -0.455 e. The number of carbonyl (C=O) groups excluding carboxylic acids is 4. The summed E-state index contributed by atoms with van der Waals surface area (Å²) in [5.41, 5.74) is 1.85. The third-order valence-electron chi connectivity index (χ3n) is 11.2. The van der Waals surface area contributed by atoms with Crippen LogP contribution in [-0.4, -0.2) is 93.5 Å². The van der Waals surface area contributed by atoms with Crippen molar-refractivity contribution in [1.29, 1.82) is 0 Å². The van der Waals surface area contributed by atoms with E-state index >= 15 is 4.79 Å². The molecule has 3 saturated heterocycles. The number of carbonyl (C=O) groups is 4. The van der Waals surface area contributed by atoms with Crippen LogP contribution in [0.25, 0.3) is 0 Å². The molecule has 0 radical (unpaired) electrons. The van der Waals surface area contributed by atoms with Gasteiger partial charge in [0.25, 0.3) is 5.91 Å². The average Bonchev–Trinajstić information content (AvgIpc) is 3.72. The Kier molecular flexibility index (Phi) is 12.2. The van der Waals surface area contributed by atoms with Gasteiger partial charge in [0.05, 0.1) is 36.6 Å². The molecule has 3 aliphatic heterocycles. The largest absolute Gasteiger partial charge is 0.455 e. The number of nitrogens with zero attached hydrogens (tertiary/aromatic N) is 3. The van der Waals surface area contributed by atoms with Crippen LogP contribution in [0.3, 0.4) is 0 Å². The van der Waals surface area contributed by atoms with E-state index in [0.717, 1.165) is 11.1 Å². The zero-order chi connectivity index (χ0) is 38.1. The second-order valence-electron chi connectivity index (χ2n) is 14.8. The monoisotopic (exact) mass is 777 g/mol. The fourth-order valence-electron chi connectivity index (χ4n) is 8.31. The summed E-state index contributed by atoms with van der Waals surface area (Å²) in [6.07, 6.45) is 2.81. The van der Waals surface area contributed by atoms with Gasteiger partial charge in [-0.1, -0.05) is 84.4 Å². The van der Waals surface area contributed by atoms with E-state index in [1.54, 1.807) is 29.0 Å². The molecule has 3 heterocycles. The summed E-state index contributed by atoms with van der Waals surface area (Å²) in [6.45, 7) is 16.9. The Bertz CT molecular complexity index is 1680. The fourth-order valence-corrected chi connectivity index (χ4v) is 9.25. The zero-order valence-electron chi connectivity index (χ0n) is 31.0. The fraction of sp³-hybridized carbons (Fsp3) is 0.512. The van der Waals surface area contributed by atoms with Gasteiger partial charge in [-0.2, -0.15) is 0 Å². The Balaban J connectivity index is 1.57. The van der Waals surface area contributed by atoms with E-state index in [9.17, 15) is 19.5 Å². The molecule has 1 unspecified atom stereocenters. The van der Waals surface area contributed by atoms with Crippen LogP contribution >= 0.6 is 15.9 Å². The van der Waals surface area contributed by atoms with Crippen LogP contribution < -0.4 is 4.90 Å². The van der Waals surface area contributed by atoms with Crippen LogP contribution in [0.2, 0.25) is 0 Å². The molecule has 3 amide bonds. The number of anilines is 1. The van der Waals surface area contributed by atoms with Gasteiger partial charge in [-0.05, 0) is 62.3 Å². The predicted molar refractivity (Wildman–Crippen MR) is 204 cm³/mol. The van der Waals surface area contributed by atoms with Crippen molar-refractivity contribution in [3.63, 3.8) is 0 Å². The lowest BCUT2D eigenvalue weighted by atomic mass is 9.70. The number of alkyl halides is 1. The normalized spacial score (nSPS) is 26.4. The summed E-state index contributed by atoms with van der Waals surface area (Å²) in [6, 6.07) is 12.7. The number of halogens is 1. The highest BCUT2D eigenvalue weighted by molar-refractivity contribution is 9.09. The molecule has 10 nitrogen and oxygen atoms in total. The summed E-state index contributed by atoms with van der Waals surface area (Å²) in [5, 5.41) is 10.7. The van der Waals surface area contributed by atoms with Gasteiger partial charge in [0, 0.05) is 30.5 Å². The number of likely N-dealkylation sites (tertiary alicyclic amines) is 1. The predicted octanol–water partition coefficient (Wildman–Crippen LogP) is 5.68. The van der Waals surface area contributed by atoms with Crippen molar-refractivity contribution < 1.29 is 33.8 Å². The molecular formula is C41H52BrN3O7. The summed E-state index contributed by atoms with van der Waals surface area (Å²) < 4.78 is 13.2. The zero-order valence-corrected chi connectivity index (χ0v) is 32.6. The molecule has 2 aromatic rings.